The van der Waals surface area contributed by atoms with Crippen LogP contribution in [0.4, 0.5) is 4.79 Å². The molecule has 2 N–H and O–H groups in total. The highest BCUT2D eigenvalue weighted by atomic mass is 16.5. The summed E-state index contributed by atoms with van der Waals surface area (Å²) in [4.78, 5) is 38.1. The van der Waals surface area contributed by atoms with Crippen molar-refractivity contribution in [3.63, 3.8) is 0 Å². The summed E-state index contributed by atoms with van der Waals surface area (Å²) in [5, 5.41) is 11.9. The first-order valence-electron chi connectivity index (χ1n) is 12.6. The lowest BCUT2D eigenvalue weighted by molar-refractivity contribution is -0.143. The summed E-state index contributed by atoms with van der Waals surface area (Å²) in [6.45, 7) is 3.20. The van der Waals surface area contributed by atoms with Gasteiger partial charge in [-0.15, -0.1) is 0 Å². The summed E-state index contributed by atoms with van der Waals surface area (Å²) in [5.41, 5.74) is 4.73. The van der Waals surface area contributed by atoms with Gasteiger partial charge in [0, 0.05) is 31.0 Å². The van der Waals surface area contributed by atoms with Crippen molar-refractivity contribution in [1.29, 1.82) is 0 Å². The standard InChI is InChI=1S/C28H34N2O5/c1-19(27(33)30-16-7-6-10-20(30)17-26(31)32)9-8-15-29-28(34)35-18-25-23-13-4-2-11-21(23)22-12-3-5-14-24(22)25/h2-5,11-14,19-20,25H,6-10,15-18H2,1H3,(H,29,34)(H,31,32)/t19?,20-/m1/s1. The number of nitrogens with one attached hydrogen (secondary N) is 1. The van der Waals surface area contributed by atoms with E-state index in [1.807, 2.05) is 31.2 Å². The first kappa shape index (κ1) is 24.8. The van der Waals surface area contributed by atoms with Crippen LogP contribution in [0.2, 0.25) is 0 Å². The number of benzene rings is 2. The quantitative estimate of drug-likeness (QED) is 0.505. The molecule has 1 unspecified atom stereocenters. The van der Waals surface area contributed by atoms with Gasteiger partial charge in [-0.1, -0.05) is 55.5 Å². The maximum Gasteiger partial charge on any atom is 0.407 e. The van der Waals surface area contributed by atoms with Crippen LogP contribution in [-0.2, 0) is 14.3 Å². The van der Waals surface area contributed by atoms with Crippen LogP contribution in [0.1, 0.15) is 62.5 Å². The first-order valence-corrected chi connectivity index (χ1v) is 12.6. The molecule has 1 heterocycles. The Labute approximate surface area is 206 Å². The van der Waals surface area contributed by atoms with E-state index in [0.717, 1.165) is 19.3 Å². The summed E-state index contributed by atoms with van der Waals surface area (Å²) in [6, 6.07) is 16.2. The van der Waals surface area contributed by atoms with Gasteiger partial charge in [0.05, 0.1) is 6.42 Å². The average molecular weight is 479 g/mol. The van der Waals surface area contributed by atoms with Gasteiger partial charge < -0.3 is 20.1 Å². The third kappa shape index (κ3) is 5.84. The Morgan fingerprint density at radius 2 is 1.71 bits per heavy atom. The van der Waals surface area contributed by atoms with Gasteiger partial charge >= 0.3 is 12.1 Å². The first-order chi connectivity index (χ1) is 17.0. The molecule has 2 aliphatic rings. The van der Waals surface area contributed by atoms with Crippen LogP contribution in [0.25, 0.3) is 11.1 Å². The molecule has 1 aliphatic heterocycles. The molecule has 7 nitrogen and oxygen atoms in total. The number of carboxylic acid groups (broad SMARTS) is 1. The molecule has 0 bridgehead atoms. The lowest BCUT2D eigenvalue weighted by Gasteiger charge is -2.36. The Hall–Kier alpha value is -3.35. The van der Waals surface area contributed by atoms with Crippen LogP contribution in [0, 0.1) is 5.92 Å². The molecule has 2 amide bonds. The fraction of sp³-hybridized carbons (Fsp3) is 0.464. The number of hydrogen-bond acceptors (Lipinski definition) is 4. The van der Waals surface area contributed by atoms with E-state index in [1.165, 1.54) is 22.3 Å². The molecule has 2 aromatic rings. The monoisotopic (exact) mass is 478 g/mol. The molecule has 1 saturated heterocycles. The lowest BCUT2D eigenvalue weighted by atomic mass is 9.95. The molecule has 186 valence electrons. The van der Waals surface area contributed by atoms with Crippen LogP contribution < -0.4 is 5.32 Å². The molecule has 0 spiro atoms. The van der Waals surface area contributed by atoms with E-state index in [1.54, 1.807) is 4.90 Å². The third-order valence-electron chi connectivity index (χ3n) is 7.17. The third-order valence-corrected chi connectivity index (χ3v) is 7.17. The Morgan fingerprint density at radius 3 is 2.37 bits per heavy atom. The molecule has 0 radical (unpaired) electrons. The molecule has 0 aromatic heterocycles. The van der Waals surface area contributed by atoms with E-state index < -0.39 is 12.1 Å². The van der Waals surface area contributed by atoms with Crippen molar-refractivity contribution in [3.8, 4) is 11.1 Å². The largest absolute Gasteiger partial charge is 0.481 e. The van der Waals surface area contributed by atoms with Crippen molar-refractivity contribution in [2.24, 2.45) is 5.92 Å². The SMILES string of the molecule is CC(CCCNC(=O)OCC1c2ccccc2-c2ccccc21)C(=O)N1CCCC[C@@H]1CC(=O)O. The van der Waals surface area contributed by atoms with E-state index in [0.29, 0.717) is 25.9 Å². The second-order valence-electron chi connectivity index (χ2n) is 9.57. The minimum absolute atomic E-state index is 0.00179. The van der Waals surface area contributed by atoms with E-state index in [-0.39, 0.29) is 36.8 Å². The number of likely N-dealkylation sites (tertiary alicyclic amines) is 1. The van der Waals surface area contributed by atoms with Crippen molar-refractivity contribution in [2.45, 2.75) is 57.4 Å². The molecular formula is C28H34N2O5. The number of rotatable bonds is 9. The fourth-order valence-corrected chi connectivity index (χ4v) is 5.36. The minimum Gasteiger partial charge on any atom is -0.481 e. The second kappa shape index (κ2) is 11.4. The number of fused-ring (bicyclic) bond motifs is 3. The van der Waals surface area contributed by atoms with Gasteiger partial charge in [-0.05, 0) is 54.4 Å². The fourth-order valence-electron chi connectivity index (χ4n) is 5.36. The summed E-state index contributed by atoms with van der Waals surface area (Å²) < 4.78 is 5.56. The topological polar surface area (TPSA) is 95.9 Å². The summed E-state index contributed by atoms with van der Waals surface area (Å²) >= 11 is 0. The number of alkyl carbamates (subject to hydrolysis) is 1. The molecular weight excluding hydrogens is 444 g/mol. The molecule has 2 atom stereocenters. The molecule has 7 heteroatoms. The zero-order valence-electron chi connectivity index (χ0n) is 20.2. The normalized spacial score (nSPS) is 17.9. The second-order valence-corrected chi connectivity index (χ2v) is 9.57. The number of carbonyl (C=O) groups excluding carboxylic acids is 2. The Kier molecular flexibility index (Phi) is 8.06. The number of carboxylic acids is 1. The van der Waals surface area contributed by atoms with Crippen molar-refractivity contribution < 1.29 is 24.2 Å². The van der Waals surface area contributed by atoms with Gasteiger partial charge in [-0.3, -0.25) is 9.59 Å². The maximum absolute atomic E-state index is 12.9. The van der Waals surface area contributed by atoms with Crippen LogP contribution >= 0.6 is 0 Å². The highest BCUT2D eigenvalue weighted by Gasteiger charge is 2.31. The summed E-state index contributed by atoms with van der Waals surface area (Å²) in [6.07, 6.45) is 3.43. The molecule has 2 aromatic carbocycles. The molecule has 35 heavy (non-hydrogen) atoms. The highest BCUT2D eigenvalue weighted by molar-refractivity contribution is 5.80. The van der Waals surface area contributed by atoms with Gasteiger partial charge in [0.15, 0.2) is 0 Å². The van der Waals surface area contributed by atoms with Gasteiger partial charge in [0.25, 0.3) is 0 Å². The molecule has 1 aliphatic carbocycles. The average Bonchev–Trinajstić information content (AvgIpc) is 3.18. The predicted octanol–water partition coefficient (Wildman–Crippen LogP) is 4.80. The Morgan fingerprint density at radius 1 is 1.06 bits per heavy atom. The van der Waals surface area contributed by atoms with Crippen molar-refractivity contribution in [2.75, 3.05) is 19.7 Å². The van der Waals surface area contributed by atoms with Crippen LogP contribution in [0.15, 0.2) is 48.5 Å². The maximum atomic E-state index is 12.9. The Balaban J connectivity index is 1.21. The Bertz CT molecular complexity index is 1020. The van der Waals surface area contributed by atoms with E-state index in [2.05, 4.69) is 29.6 Å². The number of nitrogens with zero attached hydrogens (tertiary/aromatic N) is 1. The molecule has 4 rings (SSSR count). The predicted molar refractivity (Wildman–Crippen MR) is 133 cm³/mol. The number of aliphatic carboxylic acids is 1. The smallest absolute Gasteiger partial charge is 0.407 e. The molecule has 0 saturated carbocycles. The summed E-state index contributed by atoms with van der Waals surface area (Å²) in [7, 11) is 0. The van der Waals surface area contributed by atoms with Crippen molar-refractivity contribution in [3.05, 3.63) is 59.7 Å². The van der Waals surface area contributed by atoms with Crippen molar-refractivity contribution in [1.82, 2.24) is 10.2 Å². The van der Waals surface area contributed by atoms with Gasteiger partial charge in [-0.2, -0.15) is 0 Å². The van der Waals surface area contributed by atoms with Crippen molar-refractivity contribution >= 4 is 18.0 Å². The van der Waals surface area contributed by atoms with Crippen LogP contribution in [-0.4, -0.2) is 53.7 Å². The lowest BCUT2D eigenvalue weighted by Crippen LogP contribution is -2.47. The van der Waals surface area contributed by atoms with E-state index >= 15 is 0 Å². The summed E-state index contributed by atoms with van der Waals surface area (Å²) in [5.74, 6) is -1.05. The molecule has 1 fully saturated rings. The van der Waals surface area contributed by atoms with E-state index in [4.69, 9.17) is 9.84 Å². The van der Waals surface area contributed by atoms with Crippen LogP contribution in [0.3, 0.4) is 0 Å². The number of carbonyl (C=O) groups is 3. The highest BCUT2D eigenvalue weighted by Crippen LogP contribution is 2.44. The number of ether oxygens (including phenoxy) is 1. The minimum atomic E-state index is -0.866. The van der Waals surface area contributed by atoms with Gasteiger partial charge in [-0.25, -0.2) is 4.79 Å². The number of amides is 2. The van der Waals surface area contributed by atoms with Gasteiger partial charge in [0.1, 0.15) is 6.61 Å². The number of hydrogen-bond donors (Lipinski definition) is 2. The van der Waals surface area contributed by atoms with Crippen LogP contribution in [0.5, 0.6) is 0 Å². The zero-order chi connectivity index (χ0) is 24.8. The number of piperidine rings is 1. The zero-order valence-corrected chi connectivity index (χ0v) is 20.2. The van der Waals surface area contributed by atoms with Gasteiger partial charge in [0.2, 0.25) is 5.91 Å². The van der Waals surface area contributed by atoms with E-state index in [9.17, 15) is 14.4 Å².